The summed E-state index contributed by atoms with van der Waals surface area (Å²) in [6.07, 6.45) is -1.82. The van der Waals surface area contributed by atoms with Crippen LogP contribution in [0, 0.1) is 0 Å². The molecule has 0 saturated heterocycles. The molecule has 4 N–H and O–H groups in total. The number of aliphatic hydroxyl groups excluding tert-OH is 1. The fraction of sp³-hybridized carbons (Fsp3) is 0.571. The van der Waals surface area contributed by atoms with Gasteiger partial charge in [-0.1, -0.05) is 0 Å². The molecule has 1 atom stereocenters. The van der Waals surface area contributed by atoms with Crippen molar-refractivity contribution in [2.75, 3.05) is 0 Å². The minimum Gasteiger partial charge on any atom is -0.481 e. The van der Waals surface area contributed by atoms with Gasteiger partial charge < -0.3 is 20.4 Å². The molecule has 7 heteroatoms. The summed E-state index contributed by atoms with van der Waals surface area (Å²) in [5.41, 5.74) is 0. The Hall–Kier alpha value is -1.63. The van der Waals surface area contributed by atoms with Crippen LogP contribution in [0.3, 0.4) is 0 Å². The summed E-state index contributed by atoms with van der Waals surface area (Å²) in [7, 11) is 0. The minimum absolute atomic E-state index is 0.296. The number of aliphatic hydroxyl groups is 1. The van der Waals surface area contributed by atoms with Gasteiger partial charge in [0.15, 0.2) is 0 Å². The summed E-state index contributed by atoms with van der Waals surface area (Å²) in [6.45, 7) is 1.20. The largest absolute Gasteiger partial charge is 0.481 e. The average Bonchev–Trinajstić information content (AvgIpc) is 2.01. The maximum atomic E-state index is 9.64. The quantitative estimate of drug-likeness (QED) is 0.484. The SMILES string of the molecule is CC(O)C(=O)O.O=C(O)CCC(=O)O. The molecular weight excluding hydrogens is 196 g/mol. The van der Waals surface area contributed by atoms with Crippen LogP contribution in [0.15, 0.2) is 0 Å². The van der Waals surface area contributed by atoms with E-state index in [-0.39, 0.29) is 12.8 Å². The van der Waals surface area contributed by atoms with Crippen molar-refractivity contribution in [3.8, 4) is 0 Å². The molecule has 0 heterocycles. The molecule has 0 aromatic carbocycles. The van der Waals surface area contributed by atoms with Gasteiger partial charge in [-0.15, -0.1) is 0 Å². The van der Waals surface area contributed by atoms with E-state index < -0.39 is 24.0 Å². The highest BCUT2D eigenvalue weighted by molar-refractivity contribution is 5.75. The van der Waals surface area contributed by atoms with Crippen LogP contribution in [0.4, 0.5) is 0 Å². The number of hydrogen-bond acceptors (Lipinski definition) is 4. The number of carboxylic acids is 3. The molecule has 0 fully saturated rings. The molecule has 0 aliphatic carbocycles. The number of hydrogen-bond donors (Lipinski definition) is 4. The van der Waals surface area contributed by atoms with Gasteiger partial charge in [0.1, 0.15) is 6.10 Å². The Balaban J connectivity index is 0. The van der Waals surface area contributed by atoms with Gasteiger partial charge in [-0.05, 0) is 6.92 Å². The third kappa shape index (κ3) is 16.8. The van der Waals surface area contributed by atoms with E-state index in [4.69, 9.17) is 20.4 Å². The van der Waals surface area contributed by atoms with Crippen molar-refractivity contribution in [3.63, 3.8) is 0 Å². The first-order valence-electron chi connectivity index (χ1n) is 3.61. The van der Waals surface area contributed by atoms with E-state index in [9.17, 15) is 14.4 Å². The van der Waals surface area contributed by atoms with Crippen LogP contribution in [-0.4, -0.2) is 44.4 Å². The molecule has 0 rings (SSSR count). The zero-order valence-electron chi connectivity index (χ0n) is 7.51. The number of aliphatic carboxylic acids is 3. The van der Waals surface area contributed by atoms with Gasteiger partial charge in [-0.3, -0.25) is 9.59 Å². The standard InChI is InChI=1S/C4H6O4.C3H6O3/c5-3(6)1-2-4(7)8;1-2(4)3(5)6/h1-2H2,(H,5,6)(H,7,8);2,4H,1H3,(H,5,6). The molecule has 0 aromatic rings. The molecular formula is C7H12O7. The summed E-state index contributed by atoms with van der Waals surface area (Å²) in [5, 5.41) is 31.6. The van der Waals surface area contributed by atoms with E-state index >= 15 is 0 Å². The topological polar surface area (TPSA) is 132 Å². The zero-order valence-corrected chi connectivity index (χ0v) is 7.51. The molecule has 0 saturated carbocycles. The number of carbonyl (C=O) groups is 3. The summed E-state index contributed by atoms with van der Waals surface area (Å²) in [6, 6.07) is 0. The highest BCUT2D eigenvalue weighted by Gasteiger charge is 2.01. The molecule has 0 amide bonds. The molecule has 7 nitrogen and oxygen atoms in total. The van der Waals surface area contributed by atoms with E-state index in [0.717, 1.165) is 0 Å². The van der Waals surface area contributed by atoms with Gasteiger partial charge in [-0.2, -0.15) is 0 Å². The van der Waals surface area contributed by atoms with Crippen molar-refractivity contribution < 1.29 is 34.8 Å². The Morgan fingerprint density at radius 2 is 1.21 bits per heavy atom. The molecule has 0 radical (unpaired) electrons. The van der Waals surface area contributed by atoms with Crippen LogP contribution in [-0.2, 0) is 14.4 Å². The lowest BCUT2D eigenvalue weighted by Crippen LogP contribution is -2.13. The smallest absolute Gasteiger partial charge is 0.332 e. The second-order valence-electron chi connectivity index (χ2n) is 2.30. The van der Waals surface area contributed by atoms with E-state index in [1.165, 1.54) is 6.92 Å². The second-order valence-corrected chi connectivity index (χ2v) is 2.30. The second kappa shape index (κ2) is 7.99. The highest BCUT2D eigenvalue weighted by Crippen LogP contribution is 1.86. The number of rotatable bonds is 4. The molecule has 0 spiro atoms. The molecule has 14 heavy (non-hydrogen) atoms. The van der Waals surface area contributed by atoms with E-state index in [1.54, 1.807) is 0 Å². The Morgan fingerprint density at radius 1 is 1.00 bits per heavy atom. The summed E-state index contributed by atoms with van der Waals surface area (Å²) in [4.78, 5) is 28.7. The Bertz CT molecular complexity index is 194. The van der Waals surface area contributed by atoms with Crippen molar-refractivity contribution in [2.45, 2.75) is 25.9 Å². The van der Waals surface area contributed by atoms with Gasteiger partial charge in [0.25, 0.3) is 0 Å². The third-order valence-corrected chi connectivity index (χ3v) is 0.910. The fourth-order valence-electron chi connectivity index (χ4n) is 0.214. The van der Waals surface area contributed by atoms with Gasteiger partial charge in [-0.25, -0.2) is 4.79 Å². The Labute approximate surface area is 79.6 Å². The summed E-state index contributed by atoms with van der Waals surface area (Å²) in [5.74, 6) is -3.34. The van der Waals surface area contributed by atoms with E-state index in [2.05, 4.69) is 0 Å². The van der Waals surface area contributed by atoms with Crippen molar-refractivity contribution >= 4 is 17.9 Å². The molecule has 0 aliphatic rings. The molecule has 0 aromatic heterocycles. The van der Waals surface area contributed by atoms with Crippen LogP contribution in [0.1, 0.15) is 19.8 Å². The monoisotopic (exact) mass is 208 g/mol. The first-order chi connectivity index (χ1) is 6.27. The van der Waals surface area contributed by atoms with Gasteiger partial charge >= 0.3 is 17.9 Å². The molecule has 0 aliphatic heterocycles. The van der Waals surface area contributed by atoms with Crippen molar-refractivity contribution in [1.82, 2.24) is 0 Å². The zero-order chi connectivity index (χ0) is 11.7. The molecule has 0 bridgehead atoms. The predicted octanol–water partition coefficient (Wildman–Crippen LogP) is -0.612. The van der Waals surface area contributed by atoms with Crippen LogP contribution < -0.4 is 0 Å². The predicted molar refractivity (Wildman–Crippen MR) is 43.8 cm³/mol. The van der Waals surface area contributed by atoms with Crippen LogP contribution in [0.2, 0.25) is 0 Å². The lowest BCUT2D eigenvalue weighted by Gasteiger charge is -1.89. The van der Waals surface area contributed by atoms with E-state index in [1.807, 2.05) is 0 Å². The van der Waals surface area contributed by atoms with Crippen LogP contribution >= 0.6 is 0 Å². The average molecular weight is 208 g/mol. The fourth-order valence-corrected chi connectivity index (χ4v) is 0.214. The van der Waals surface area contributed by atoms with Gasteiger partial charge in [0.05, 0.1) is 12.8 Å². The van der Waals surface area contributed by atoms with Crippen molar-refractivity contribution in [2.24, 2.45) is 0 Å². The maximum Gasteiger partial charge on any atom is 0.332 e. The lowest BCUT2D eigenvalue weighted by atomic mass is 10.3. The first-order valence-corrected chi connectivity index (χ1v) is 3.61. The van der Waals surface area contributed by atoms with Crippen molar-refractivity contribution in [3.05, 3.63) is 0 Å². The normalized spacial score (nSPS) is 10.7. The van der Waals surface area contributed by atoms with E-state index in [0.29, 0.717) is 0 Å². The van der Waals surface area contributed by atoms with Gasteiger partial charge in [0, 0.05) is 0 Å². The van der Waals surface area contributed by atoms with Crippen molar-refractivity contribution in [1.29, 1.82) is 0 Å². The minimum atomic E-state index is -1.23. The highest BCUT2D eigenvalue weighted by atomic mass is 16.4. The number of carboxylic acid groups (broad SMARTS) is 3. The van der Waals surface area contributed by atoms with Crippen LogP contribution in [0.25, 0.3) is 0 Å². The molecule has 1 unspecified atom stereocenters. The van der Waals surface area contributed by atoms with Crippen LogP contribution in [0.5, 0.6) is 0 Å². The lowest BCUT2D eigenvalue weighted by molar-refractivity contribution is -0.145. The Kier molecular flexibility index (Phi) is 8.49. The first kappa shape index (κ1) is 14.9. The van der Waals surface area contributed by atoms with Gasteiger partial charge in [0.2, 0.25) is 0 Å². The maximum absolute atomic E-state index is 9.64. The Morgan fingerprint density at radius 3 is 1.29 bits per heavy atom. The third-order valence-electron chi connectivity index (χ3n) is 0.910. The summed E-state index contributed by atoms with van der Waals surface area (Å²) >= 11 is 0. The molecule has 82 valence electrons. The summed E-state index contributed by atoms with van der Waals surface area (Å²) < 4.78 is 0.